The predicted octanol–water partition coefficient (Wildman–Crippen LogP) is 4.43. The topological polar surface area (TPSA) is 18.5 Å². The van der Waals surface area contributed by atoms with Gasteiger partial charge < -0.3 is 9.47 Å². The Morgan fingerprint density at radius 2 is 1.84 bits per heavy atom. The molecule has 2 rings (SSSR count). The molecule has 2 nitrogen and oxygen atoms in total. The second-order valence-corrected chi connectivity index (χ2v) is 5.50. The van der Waals surface area contributed by atoms with Crippen LogP contribution < -0.4 is 4.74 Å². The zero-order chi connectivity index (χ0) is 13.7. The second-order valence-electron chi connectivity index (χ2n) is 5.50. The molecule has 1 aliphatic rings. The third-order valence-electron chi connectivity index (χ3n) is 4.20. The van der Waals surface area contributed by atoms with Gasteiger partial charge in [-0.3, -0.25) is 0 Å². The minimum atomic E-state index is -0.0692. The van der Waals surface area contributed by atoms with Gasteiger partial charge in [-0.15, -0.1) is 0 Å². The zero-order valence-corrected chi connectivity index (χ0v) is 12.4. The number of hydrogen-bond donors (Lipinski definition) is 0. The van der Waals surface area contributed by atoms with Crippen molar-refractivity contribution in [3.63, 3.8) is 0 Å². The molecule has 1 aromatic carbocycles. The molecule has 0 aromatic heterocycles. The van der Waals surface area contributed by atoms with Gasteiger partial charge >= 0.3 is 0 Å². The summed E-state index contributed by atoms with van der Waals surface area (Å²) in [6, 6.07) is 8.38. The van der Waals surface area contributed by atoms with Gasteiger partial charge in [0, 0.05) is 5.92 Å². The van der Waals surface area contributed by atoms with Crippen molar-refractivity contribution in [3.05, 3.63) is 29.8 Å². The molecular formula is C17H26O2. The lowest BCUT2D eigenvalue weighted by atomic mass is 9.88. The lowest BCUT2D eigenvalue weighted by Gasteiger charge is -2.35. The van der Waals surface area contributed by atoms with Gasteiger partial charge in [0.2, 0.25) is 6.29 Å². The summed E-state index contributed by atoms with van der Waals surface area (Å²) in [5.41, 5.74) is 1.34. The van der Waals surface area contributed by atoms with E-state index < -0.39 is 0 Å². The molecule has 1 fully saturated rings. The molecule has 0 aliphatic carbocycles. The maximum atomic E-state index is 6.03. The first kappa shape index (κ1) is 14.4. The van der Waals surface area contributed by atoms with Crippen LogP contribution in [0.3, 0.4) is 0 Å². The van der Waals surface area contributed by atoms with Crippen LogP contribution in [-0.2, 0) is 11.2 Å². The lowest BCUT2D eigenvalue weighted by Crippen LogP contribution is -2.38. The standard InChI is InChI=1S/C17H26O2/c1-4-13-7-9-16(10-8-13)19-17-15(6-3)11-14(5-2)12-18-17/h7-10,14-15,17H,4-6,11-12H2,1-3H3. The highest BCUT2D eigenvalue weighted by Crippen LogP contribution is 2.31. The Morgan fingerprint density at radius 3 is 2.42 bits per heavy atom. The van der Waals surface area contributed by atoms with Crippen LogP contribution in [-0.4, -0.2) is 12.9 Å². The molecule has 3 unspecified atom stereocenters. The monoisotopic (exact) mass is 262 g/mol. The summed E-state index contributed by atoms with van der Waals surface area (Å²) in [6.07, 6.45) is 4.55. The molecule has 0 bridgehead atoms. The average Bonchev–Trinajstić information content (AvgIpc) is 2.48. The van der Waals surface area contributed by atoms with Gasteiger partial charge in [0.25, 0.3) is 0 Å². The van der Waals surface area contributed by atoms with Gasteiger partial charge in [0.1, 0.15) is 5.75 Å². The summed E-state index contributed by atoms with van der Waals surface area (Å²) in [4.78, 5) is 0. The van der Waals surface area contributed by atoms with Crippen LogP contribution in [0.1, 0.15) is 45.6 Å². The Hall–Kier alpha value is -1.02. The minimum absolute atomic E-state index is 0.0692. The van der Waals surface area contributed by atoms with E-state index in [0.29, 0.717) is 11.8 Å². The Balaban J connectivity index is 1.96. The van der Waals surface area contributed by atoms with Crippen molar-refractivity contribution in [2.75, 3.05) is 6.61 Å². The van der Waals surface area contributed by atoms with E-state index in [0.717, 1.165) is 25.2 Å². The summed E-state index contributed by atoms with van der Waals surface area (Å²) in [5.74, 6) is 2.15. The number of hydrogen-bond acceptors (Lipinski definition) is 2. The van der Waals surface area contributed by atoms with Crippen molar-refractivity contribution in [1.29, 1.82) is 0 Å². The summed E-state index contributed by atoms with van der Waals surface area (Å²) in [7, 11) is 0. The minimum Gasteiger partial charge on any atom is -0.465 e. The normalized spacial score (nSPS) is 27.2. The highest BCUT2D eigenvalue weighted by molar-refractivity contribution is 5.27. The third-order valence-corrected chi connectivity index (χ3v) is 4.20. The summed E-state index contributed by atoms with van der Waals surface area (Å²) >= 11 is 0. The SMILES string of the molecule is CCc1ccc(OC2OCC(CC)CC2CC)cc1. The molecule has 1 saturated heterocycles. The highest BCUT2D eigenvalue weighted by atomic mass is 16.7. The van der Waals surface area contributed by atoms with Gasteiger partial charge in [-0.05, 0) is 42.9 Å². The maximum absolute atomic E-state index is 6.03. The van der Waals surface area contributed by atoms with E-state index in [2.05, 4.69) is 45.0 Å². The van der Waals surface area contributed by atoms with E-state index in [1.54, 1.807) is 0 Å². The zero-order valence-electron chi connectivity index (χ0n) is 12.4. The molecule has 0 N–H and O–H groups in total. The fraction of sp³-hybridized carbons (Fsp3) is 0.647. The molecule has 1 aromatic rings. The van der Waals surface area contributed by atoms with E-state index in [1.807, 2.05) is 0 Å². The van der Waals surface area contributed by atoms with Crippen LogP contribution in [0.4, 0.5) is 0 Å². The van der Waals surface area contributed by atoms with Crippen molar-refractivity contribution >= 4 is 0 Å². The molecular weight excluding hydrogens is 236 g/mol. The van der Waals surface area contributed by atoms with E-state index in [4.69, 9.17) is 9.47 Å². The Bertz CT molecular complexity index is 371. The van der Waals surface area contributed by atoms with Crippen molar-refractivity contribution < 1.29 is 9.47 Å². The Morgan fingerprint density at radius 1 is 1.11 bits per heavy atom. The highest BCUT2D eigenvalue weighted by Gasteiger charge is 2.30. The van der Waals surface area contributed by atoms with Crippen molar-refractivity contribution in [1.82, 2.24) is 0 Å². The number of benzene rings is 1. The van der Waals surface area contributed by atoms with Crippen LogP contribution in [0, 0.1) is 11.8 Å². The summed E-state index contributed by atoms with van der Waals surface area (Å²) in [6.45, 7) is 7.47. The van der Waals surface area contributed by atoms with Gasteiger partial charge in [-0.1, -0.05) is 39.3 Å². The first-order valence-electron chi connectivity index (χ1n) is 7.64. The van der Waals surface area contributed by atoms with Gasteiger partial charge in [0.15, 0.2) is 0 Å². The summed E-state index contributed by atoms with van der Waals surface area (Å²) < 4.78 is 12.0. The number of rotatable bonds is 5. The molecule has 0 radical (unpaired) electrons. The van der Waals surface area contributed by atoms with Gasteiger partial charge in [-0.2, -0.15) is 0 Å². The Kier molecular flexibility index (Phi) is 5.26. The van der Waals surface area contributed by atoms with Crippen molar-refractivity contribution in [2.24, 2.45) is 11.8 Å². The molecule has 2 heteroatoms. The first-order chi connectivity index (χ1) is 9.26. The fourth-order valence-corrected chi connectivity index (χ4v) is 2.69. The molecule has 106 valence electrons. The molecule has 19 heavy (non-hydrogen) atoms. The van der Waals surface area contributed by atoms with E-state index in [9.17, 15) is 0 Å². The molecule has 0 saturated carbocycles. The summed E-state index contributed by atoms with van der Waals surface area (Å²) in [5, 5.41) is 0. The van der Waals surface area contributed by atoms with Gasteiger partial charge in [0.05, 0.1) is 6.61 Å². The van der Waals surface area contributed by atoms with Crippen LogP contribution in [0.5, 0.6) is 5.75 Å². The first-order valence-corrected chi connectivity index (χ1v) is 7.64. The number of ether oxygens (including phenoxy) is 2. The molecule has 1 heterocycles. The number of aryl methyl sites for hydroxylation is 1. The predicted molar refractivity (Wildman–Crippen MR) is 78.4 cm³/mol. The average molecular weight is 262 g/mol. The quantitative estimate of drug-likeness (QED) is 0.781. The van der Waals surface area contributed by atoms with Crippen molar-refractivity contribution in [2.45, 2.75) is 52.7 Å². The van der Waals surface area contributed by atoms with E-state index in [1.165, 1.54) is 18.4 Å². The van der Waals surface area contributed by atoms with Crippen LogP contribution in [0.15, 0.2) is 24.3 Å². The van der Waals surface area contributed by atoms with Crippen LogP contribution in [0.25, 0.3) is 0 Å². The lowest BCUT2D eigenvalue weighted by molar-refractivity contribution is -0.160. The van der Waals surface area contributed by atoms with Crippen LogP contribution >= 0.6 is 0 Å². The molecule has 1 aliphatic heterocycles. The second kappa shape index (κ2) is 6.95. The van der Waals surface area contributed by atoms with E-state index in [-0.39, 0.29) is 6.29 Å². The largest absolute Gasteiger partial charge is 0.465 e. The Labute approximate surface area is 117 Å². The van der Waals surface area contributed by atoms with Crippen molar-refractivity contribution in [3.8, 4) is 5.75 Å². The molecule has 0 spiro atoms. The molecule has 3 atom stereocenters. The van der Waals surface area contributed by atoms with Gasteiger partial charge in [-0.25, -0.2) is 0 Å². The fourth-order valence-electron chi connectivity index (χ4n) is 2.69. The smallest absolute Gasteiger partial charge is 0.202 e. The maximum Gasteiger partial charge on any atom is 0.202 e. The van der Waals surface area contributed by atoms with Crippen LogP contribution in [0.2, 0.25) is 0 Å². The van der Waals surface area contributed by atoms with E-state index >= 15 is 0 Å². The molecule has 0 amide bonds. The third kappa shape index (κ3) is 3.73.